The minimum Gasteiger partial charge on any atom is -0.273 e. The number of carbonyl (C=O) groups excluding carboxylic acids is 1. The van der Waals surface area contributed by atoms with Gasteiger partial charge in [0.05, 0.1) is 5.71 Å². The summed E-state index contributed by atoms with van der Waals surface area (Å²) in [6.45, 7) is 4.11. The number of unbranched alkanes of at least 4 members (excludes halogenated alkanes) is 4. The van der Waals surface area contributed by atoms with Gasteiger partial charge >= 0.3 is 0 Å². The third-order valence-corrected chi connectivity index (χ3v) is 4.27. The molecule has 0 bridgehead atoms. The van der Waals surface area contributed by atoms with Crippen molar-refractivity contribution in [3.8, 4) is 11.1 Å². The van der Waals surface area contributed by atoms with Crippen LogP contribution in [0.4, 0.5) is 0 Å². The molecule has 0 aliphatic carbocycles. The Balaban J connectivity index is 1.84. The van der Waals surface area contributed by atoms with Gasteiger partial charge in [-0.25, -0.2) is 5.43 Å². The predicted molar refractivity (Wildman–Crippen MR) is 106 cm³/mol. The molecule has 3 nitrogen and oxygen atoms in total. The molecule has 0 saturated heterocycles. The zero-order valence-corrected chi connectivity index (χ0v) is 15.3. The van der Waals surface area contributed by atoms with Crippen LogP contribution in [0.1, 0.15) is 57.9 Å². The van der Waals surface area contributed by atoms with Gasteiger partial charge in [-0.3, -0.25) is 4.79 Å². The maximum Gasteiger partial charge on any atom is 0.240 e. The first-order chi connectivity index (χ1) is 12.2. The van der Waals surface area contributed by atoms with E-state index in [-0.39, 0.29) is 5.91 Å². The molecule has 0 aliphatic rings. The highest BCUT2D eigenvalue weighted by Crippen LogP contribution is 2.19. The molecule has 0 atom stereocenters. The van der Waals surface area contributed by atoms with Crippen LogP contribution in [0.5, 0.6) is 0 Å². The van der Waals surface area contributed by atoms with Crippen LogP contribution in [-0.2, 0) is 4.79 Å². The molecule has 0 fully saturated rings. The maximum absolute atomic E-state index is 11.8. The molecule has 2 aromatic carbocycles. The Bertz CT molecular complexity index is 675. The summed E-state index contributed by atoms with van der Waals surface area (Å²) in [6, 6.07) is 18.5. The lowest BCUT2D eigenvalue weighted by Crippen LogP contribution is -2.18. The van der Waals surface area contributed by atoms with Crippen LogP contribution < -0.4 is 5.43 Å². The van der Waals surface area contributed by atoms with E-state index in [1.807, 2.05) is 37.3 Å². The second-order valence-corrected chi connectivity index (χ2v) is 6.34. The van der Waals surface area contributed by atoms with Crippen molar-refractivity contribution in [1.29, 1.82) is 0 Å². The fourth-order valence-corrected chi connectivity index (χ4v) is 2.69. The molecule has 0 aromatic heterocycles. The predicted octanol–water partition coefficient (Wildman–Crippen LogP) is 5.55. The van der Waals surface area contributed by atoms with E-state index in [1.54, 1.807) is 0 Å². The average Bonchev–Trinajstić information content (AvgIpc) is 2.67. The van der Waals surface area contributed by atoms with Crippen molar-refractivity contribution >= 4 is 11.6 Å². The molecular weight excluding hydrogens is 308 g/mol. The Hall–Kier alpha value is -2.42. The smallest absolute Gasteiger partial charge is 0.240 e. The highest BCUT2D eigenvalue weighted by Gasteiger charge is 2.03. The lowest BCUT2D eigenvalue weighted by Gasteiger charge is -2.05. The van der Waals surface area contributed by atoms with Crippen LogP contribution in [0, 0.1) is 0 Å². The van der Waals surface area contributed by atoms with Gasteiger partial charge in [0.15, 0.2) is 0 Å². The van der Waals surface area contributed by atoms with Crippen molar-refractivity contribution in [3.05, 3.63) is 60.2 Å². The summed E-state index contributed by atoms with van der Waals surface area (Å²) in [5.74, 6) is -0.00301. The van der Waals surface area contributed by atoms with Gasteiger partial charge in [0.2, 0.25) is 5.91 Å². The van der Waals surface area contributed by atoms with Crippen LogP contribution in [0.3, 0.4) is 0 Å². The fourth-order valence-electron chi connectivity index (χ4n) is 2.69. The van der Waals surface area contributed by atoms with Gasteiger partial charge < -0.3 is 0 Å². The van der Waals surface area contributed by atoms with Crippen molar-refractivity contribution < 1.29 is 4.79 Å². The van der Waals surface area contributed by atoms with Crippen LogP contribution >= 0.6 is 0 Å². The highest BCUT2D eigenvalue weighted by atomic mass is 16.2. The fraction of sp³-hybridized carbons (Fsp3) is 0.364. The zero-order chi connectivity index (χ0) is 17.9. The Kier molecular flexibility index (Phi) is 7.90. The number of nitrogens with zero attached hydrogens (tertiary/aromatic N) is 1. The van der Waals surface area contributed by atoms with E-state index in [4.69, 9.17) is 0 Å². The largest absolute Gasteiger partial charge is 0.273 e. The van der Waals surface area contributed by atoms with Crippen molar-refractivity contribution in [1.82, 2.24) is 5.43 Å². The third-order valence-electron chi connectivity index (χ3n) is 4.27. The molecule has 132 valence electrons. The number of nitrogens with one attached hydrogen (secondary N) is 1. The molecule has 0 radical (unpaired) electrons. The number of carbonyl (C=O) groups is 1. The Morgan fingerprint density at radius 3 is 2.20 bits per heavy atom. The van der Waals surface area contributed by atoms with Crippen LogP contribution in [-0.4, -0.2) is 11.6 Å². The first-order valence-corrected chi connectivity index (χ1v) is 9.19. The SMILES string of the molecule is CCCCCCCC(=O)N/N=C(\C)c1ccc(-c2ccccc2)cc1. The molecule has 0 aliphatic heterocycles. The molecule has 2 rings (SSSR count). The topological polar surface area (TPSA) is 41.5 Å². The summed E-state index contributed by atoms with van der Waals surface area (Å²) in [6.07, 6.45) is 6.28. The highest BCUT2D eigenvalue weighted by molar-refractivity contribution is 5.99. The zero-order valence-electron chi connectivity index (χ0n) is 15.3. The molecule has 0 unspecified atom stereocenters. The van der Waals surface area contributed by atoms with Crippen molar-refractivity contribution in [2.45, 2.75) is 52.4 Å². The lowest BCUT2D eigenvalue weighted by molar-refractivity contribution is -0.121. The molecule has 0 heterocycles. The van der Waals surface area contributed by atoms with E-state index in [1.165, 1.54) is 30.4 Å². The van der Waals surface area contributed by atoms with Crippen LogP contribution in [0.25, 0.3) is 11.1 Å². The normalized spacial score (nSPS) is 11.4. The Labute approximate surface area is 151 Å². The number of hydrazone groups is 1. The summed E-state index contributed by atoms with van der Waals surface area (Å²) < 4.78 is 0. The van der Waals surface area contributed by atoms with Crippen LogP contribution in [0.15, 0.2) is 59.7 Å². The van der Waals surface area contributed by atoms with Gasteiger partial charge in [-0.1, -0.05) is 87.2 Å². The summed E-state index contributed by atoms with van der Waals surface area (Å²) in [4.78, 5) is 11.8. The summed E-state index contributed by atoms with van der Waals surface area (Å²) in [5, 5.41) is 4.23. The van der Waals surface area contributed by atoms with E-state index in [0.717, 1.165) is 24.1 Å². The number of hydrogen-bond acceptors (Lipinski definition) is 2. The molecule has 0 saturated carbocycles. The first kappa shape index (κ1) is 18.9. The molecule has 1 amide bonds. The van der Waals surface area contributed by atoms with E-state index >= 15 is 0 Å². The van der Waals surface area contributed by atoms with E-state index in [9.17, 15) is 4.79 Å². The quantitative estimate of drug-likeness (QED) is 0.364. The summed E-state index contributed by atoms with van der Waals surface area (Å²) in [5.41, 5.74) is 6.87. The Morgan fingerprint density at radius 2 is 1.52 bits per heavy atom. The van der Waals surface area contributed by atoms with Gasteiger partial charge in [-0.05, 0) is 30.0 Å². The molecule has 1 N–H and O–H groups in total. The Morgan fingerprint density at radius 1 is 0.880 bits per heavy atom. The van der Waals surface area contributed by atoms with E-state index < -0.39 is 0 Å². The number of amides is 1. The first-order valence-electron chi connectivity index (χ1n) is 9.19. The molecule has 0 spiro atoms. The minimum atomic E-state index is -0.00301. The number of rotatable bonds is 9. The summed E-state index contributed by atoms with van der Waals surface area (Å²) in [7, 11) is 0. The van der Waals surface area contributed by atoms with Gasteiger partial charge in [0.1, 0.15) is 0 Å². The number of benzene rings is 2. The maximum atomic E-state index is 11.8. The van der Waals surface area contributed by atoms with Gasteiger partial charge in [0.25, 0.3) is 0 Å². The minimum absolute atomic E-state index is 0.00301. The van der Waals surface area contributed by atoms with Crippen molar-refractivity contribution in [3.63, 3.8) is 0 Å². The van der Waals surface area contributed by atoms with Gasteiger partial charge in [-0.15, -0.1) is 0 Å². The molecule has 3 heteroatoms. The number of hydrogen-bond donors (Lipinski definition) is 1. The third kappa shape index (κ3) is 6.54. The molecule has 25 heavy (non-hydrogen) atoms. The van der Waals surface area contributed by atoms with Gasteiger partial charge in [0, 0.05) is 6.42 Å². The molecule has 2 aromatic rings. The lowest BCUT2D eigenvalue weighted by atomic mass is 10.0. The summed E-state index contributed by atoms with van der Waals surface area (Å²) >= 11 is 0. The van der Waals surface area contributed by atoms with Gasteiger partial charge in [-0.2, -0.15) is 5.10 Å². The monoisotopic (exact) mass is 336 g/mol. The second kappa shape index (κ2) is 10.4. The van der Waals surface area contributed by atoms with E-state index in [0.29, 0.717) is 6.42 Å². The van der Waals surface area contributed by atoms with Crippen molar-refractivity contribution in [2.24, 2.45) is 5.10 Å². The second-order valence-electron chi connectivity index (χ2n) is 6.34. The molecular formula is C22H28N2O. The van der Waals surface area contributed by atoms with Crippen molar-refractivity contribution in [2.75, 3.05) is 0 Å². The standard InChI is InChI=1S/C22H28N2O/c1-3-4-5-6-10-13-22(25)24-23-18(2)19-14-16-21(17-15-19)20-11-8-7-9-12-20/h7-9,11-12,14-17H,3-6,10,13H2,1-2H3,(H,24,25)/b23-18+. The average molecular weight is 336 g/mol. The van der Waals surface area contributed by atoms with E-state index in [2.05, 4.69) is 41.7 Å². The van der Waals surface area contributed by atoms with Crippen LogP contribution in [0.2, 0.25) is 0 Å².